The molecule has 0 fully saturated rings. The number of halogens is 6. The summed E-state index contributed by atoms with van der Waals surface area (Å²) in [4.78, 5) is 17.2. The summed E-state index contributed by atoms with van der Waals surface area (Å²) in [5.74, 6) is 1.67. The highest BCUT2D eigenvalue weighted by molar-refractivity contribution is 7.99. The Morgan fingerprint density at radius 1 is 0.756 bits per heavy atom. The molecule has 222 valence electrons. The first-order chi connectivity index (χ1) is 19.4. The van der Waals surface area contributed by atoms with E-state index >= 15 is 0 Å². The van der Waals surface area contributed by atoms with Gasteiger partial charge in [0.05, 0.1) is 30.9 Å². The van der Waals surface area contributed by atoms with Crippen LogP contribution in [0.15, 0.2) is 71.6 Å². The molecule has 0 saturated carbocycles. The first kappa shape index (κ1) is 33.6. The van der Waals surface area contributed by atoms with Crippen molar-refractivity contribution in [2.45, 2.75) is 37.5 Å². The first-order valence-electron chi connectivity index (χ1n) is 12.3. The Bertz CT molecular complexity index is 1180. The van der Waals surface area contributed by atoms with Crippen LogP contribution in [0.2, 0.25) is 0 Å². The van der Waals surface area contributed by atoms with E-state index in [9.17, 15) is 26.3 Å². The zero-order valence-corrected chi connectivity index (χ0v) is 23.0. The molecule has 0 N–H and O–H groups in total. The van der Waals surface area contributed by atoms with Crippen molar-refractivity contribution in [2.24, 2.45) is 5.92 Å². The minimum Gasteiger partial charge on any atom is -0.493 e. The van der Waals surface area contributed by atoms with E-state index in [0.29, 0.717) is 12.4 Å². The Kier molecular flexibility index (Phi) is 13.1. The van der Waals surface area contributed by atoms with Crippen molar-refractivity contribution in [3.05, 3.63) is 83.4 Å². The molecule has 41 heavy (non-hydrogen) atoms. The fourth-order valence-electron chi connectivity index (χ4n) is 3.35. The van der Waals surface area contributed by atoms with Gasteiger partial charge in [-0.2, -0.15) is 35.9 Å². The van der Waals surface area contributed by atoms with Gasteiger partial charge in [-0.3, -0.25) is 0 Å². The second-order valence-corrected chi connectivity index (χ2v) is 9.80. The minimum atomic E-state index is -4.44. The highest BCUT2D eigenvalue weighted by Crippen LogP contribution is 2.32. The van der Waals surface area contributed by atoms with E-state index in [0.717, 1.165) is 46.9 Å². The van der Waals surface area contributed by atoms with Crippen molar-refractivity contribution in [2.75, 3.05) is 25.6 Å². The van der Waals surface area contributed by atoms with Crippen molar-refractivity contribution in [3.63, 3.8) is 0 Å². The topological polar surface area (TPSA) is 61.8 Å². The van der Waals surface area contributed by atoms with Crippen LogP contribution in [0.1, 0.15) is 30.0 Å². The average molecular weight is 603 g/mol. The van der Waals surface area contributed by atoms with Crippen LogP contribution in [0.3, 0.4) is 0 Å². The molecule has 3 rings (SSSR count). The van der Waals surface area contributed by atoms with Crippen LogP contribution in [0.5, 0.6) is 17.2 Å². The molecule has 0 radical (unpaired) electrons. The summed E-state index contributed by atoms with van der Waals surface area (Å²) in [6, 6.07) is 14.6. The lowest BCUT2D eigenvalue weighted by molar-refractivity contribution is -0.191. The van der Waals surface area contributed by atoms with Crippen LogP contribution in [0.4, 0.5) is 26.3 Å². The number of carbonyl (C=O) groups excluding carboxylic acids is 2. The third-order valence-corrected chi connectivity index (χ3v) is 6.65. The van der Waals surface area contributed by atoms with Crippen LogP contribution in [0.25, 0.3) is 0 Å². The number of benzene rings is 3. The van der Waals surface area contributed by atoms with Gasteiger partial charge in [-0.1, -0.05) is 6.92 Å². The van der Waals surface area contributed by atoms with Crippen molar-refractivity contribution in [3.8, 4) is 17.2 Å². The van der Waals surface area contributed by atoms with Crippen LogP contribution in [-0.4, -0.2) is 31.7 Å². The van der Waals surface area contributed by atoms with Gasteiger partial charge in [0.2, 0.25) is 0 Å². The number of thioether (sulfide) groups is 1. The molecule has 0 heterocycles. The Morgan fingerprint density at radius 3 is 1.61 bits per heavy atom. The van der Waals surface area contributed by atoms with Gasteiger partial charge in [-0.05, 0) is 85.6 Å². The molecule has 0 aliphatic heterocycles. The van der Waals surface area contributed by atoms with Gasteiger partial charge >= 0.3 is 18.5 Å². The molecule has 3 aromatic rings. The molecular formula is C29H28F6O5S. The molecule has 0 aliphatic carbocycles. The molecule has 5 nitrogen and oxygen atoms in total. The van der Waals surface area contributed by atoms with Crippen molar-refractivity contribution in [1.29, 1.82) is 0 Å². The summed E-state index contributed by atoms with van der Waals surface area (Å²) in [6.45, 7) is 4.87. The van der Waals surface area contributed by atoms with Crippen LogP contribution in [-0.2, 0) is 21.9 Å². The Morgan fingerprint density at radius 2 is 1.22 bits per heavy atom. The van der Waals surface area contributed by atoms with E-state index in [-0.39, 0.29) is 36.8 Å². The maximum atomic E-state index is 12.8. The van der Waals surface area contributed by atoms with Gasteiger partial charge in [-0.15, -0.1) is 11.8 Å². The van der Waals surface area contributed by atoms with E-state index in [4.69, 9.17) is 23.8 Å². The van der Waals surface area contributed by atoms with Crippen LogP contribution >= 0.6 is 11.8 Å². The van der Waals surface area contributed by atoms with Gasteiger partial charge in [-0.25, -0.2) is 0 Å². The van der Waals surface area contributed by atoms with Crippen molar-refractivity contribution in [1.82, 2.24) is 0 Å². The van der Waals surface area contributed by atoms with E-state index in [1.54, 1.807) is 11.8 Å². The maximum absolute atomic E-state index is 12.8. The van der Waals surface area contributed by atoms with E-state index in [2.05, 4.69) is 0 Å². The molecule has 0 aromatic heterocycles. The highest BCUT2D eigenvalue weighted by Gasteiger charge is 2.31. The largest absolute Gasteiger partial charge is 0.493 e. The predicted molar refractivity (Wildman–Crippen MR) is 140 cm³/mol. The number of hydrogen-bond donors (Lipinski definition) is 0. The van der Waals surface area contributed by atoms with Gasteiger partial charge < -0.3 is 14.2 Å². The fraction of sp³-hybridized carbons (Fsp3) is 0.345. The normalized spacial score (nSPS) is 11.3. The lowest BCUT2D eigenvalue weighted by Crippen LogP contribution is -2.22. The minimum absolute atomic E-state index is 0.135. The zero-order chi connectivity index (χ0) is 30.5. The molecule has 0 atom stereocenters. The van der Waals surface area contributed by atoms with Gasteiger partial charge in [0.1, 0.15) is 17.2 Å². The zero-order valence-electron chi connectivity index (χ0n) is 22.2. The smallest absolute Gasteiger partial charge is 0.416 e. The lowest BCUT2D eigenvalue weighted by atomic mass is 10.2. The Balaban J connectivity index is 0.00000187. The van der Waals surface area contributed by atoms with Crippen molar-refractivity contribution >= 4 is 17.9 Å². The van der Waals surface area contributed by atoms with Gasteiger partial charge in [0, 0.05) is 16.6 Å². The summed E-state index contributed by atoms with van der Waals surface area (Å²) >= 11 is 1.54. The highest BCUT2D eigenvalue weighted by atomic mass is 32.2. The van der Waals surface area contributed by atoms with E-state index < -0.39 is 23.5 Å². The number of rotatable bonds is 12. The number of aryl methyl sites for hydroxylation is 1. The summed E-state index contributed by atoms with van der Waals surface area (Å²) < 4.78 is 94.2. The third kappa shape index (κ3) is 11.8. The summed E-state index contributed by atoms with van der Waals surface area (Å²) in [7, 11) is 0. The quantitative estimate of drug-likeness (QED) is 0.154. The molecule has 0 bridgehead atoms. The molecule has 0 aliphatic rings. The number of hydrogen-bond acceptors (Lipinski definition) is 6. The number of ether oxygens (including phenoxy) is 3. The fourth-order valence-corrected chi connectivity index (χ4v) is 4.40. The van der Waals surface area contributed by atoms with E-state index in [1.165, 1.54) is 24.3 Å². The SMILES string of the molecule is CCCOc1ccc(SCC(COc2ccc(C(F)(F)F)cc2)COc2ccc(C(F)(F)F)cc2)cc1C.O=C=O. The van der Waals surface area contributed by atoms with Crippen LogP contribution in [0, 0.1) is 12.8 Å². The molecule has 12 heteroatoms. The summed E-state index contributed by atoms with van der Waals surface area (Å²) in [6.07, 6.45) is -7.74. The van der Waals surface area contributed by atoms with E-state index in [1.807, 2.05) is 32.0 Å². The number of alkyl halides is 6. The predicted octanol–water partition coefficient (Wildman–Crippen LogP) is 8.10. The summed E-state index contributed by atoms with van der Waals surface area (Å²) in [5.41, 5.74) is -0.560. The molecule has 0 spiro atoms. The second-order valence-electron chi connectivity index (χ2n) is 8.70. The third-order valence-electron chi connectivity index (χ3n) is 5.43. The lowest BCUT2D eigenvalue weighted by Gasteiger charge is -2.19. The molecule has 3 aromatic carbocycles. The van der Waals surface area contributed by atoms with Crippen molar-refractivity contribution < 1.29 is 50.1 Å². The first-order valence-corrected chi connectivity index (χ1v) is 13.3. The molecule has 0 amide bonds. The standard InChI is InChI=1S/C28H28F6O3S.CO2/c1-3-14-35-26-13-12-25(15-19(26)2)38-18-20(16-36-23-8-4-21(5-9-23)27(29,30)31)17-37-24-10-6-22(7-11-24)28(32,33)34;2-1-3/h4-13,15,20H,3,14,16-18H2,1-2H3;. The molecular weight excluding hydrogens is 574 g/mol. The monoisotopic (exact) mass is 602 g/mol. The Labute approximate surface area is 237 Å². The van der Waals surface area contributed by atoms with Crippen LogP contribution < -0.4 is 14.2 Å². The maximum Gasteiger partial charge on any atom is 0.416 e. The van der Waals surface area contributed by atoms with Gasteiger partial charge in [0.25, 0.3) is 0 Å². The summed E-state index contributed by atoms with van der Waals surface area (Å²) in [5, 5.41) is 0. The Hall–Kier alpha value is -3.63. The van der Waals surface area contributed by atoms with Gasteiger partial charge in [0.15, 0.2) is 0 Å². The average Bonchev–Trinajstić information content (AvgIpc) is 2.92. The second kappa shape index (κ2) is 16.0. The molecule has 0 saturated heterocycles. The molecule has 0 unspecified atom stereocenters.